The first-order valence-corrected chi connectivity index (χ1v) is 9.33. The summed E-state index contributed by atoms with van der Waals surface area (Å²) in [5, 5.41) is 16.0. The number of methoxy groups -OCH3 is 1. The zero-order valence-electron chi connectivity index (χ0n) is 14.1. The third-order valence-electron chi connectivity index (χ3n) is 3.40. The van der Waals surface area contributed by atoms with Crippen LogP contribution < -0.4 is 10.2 Å². The second kappa shape index (κ2) is 8.87. The van der Waals surface area contributed by atoms with Crippen LogP contribution in [-0.4, -0.2) is 39.4 Å². The van der Waals surface area contributed by atoms with Gasteiger partial charge in [-0.05, 0) is 33.3 Å². The Hall–Kier alpha value is -2.59. The summed E-state index contributed by atoms with van der Waals surface area (Å²) in [5.74, 6) is 0.688. The van der Waals surface area contributed by atoms with Gasteiger partial charge in [0.2, 0.25) is 5.82 Å². The quantitative estimate of drug-likeness (QED) is 0.420. The van der Waals surface area contributed by atoms with Gasteiger partial charge in [0.25, 0.3) is 5.91 Å². The molecule has 0 unspecified atom stereocenters. The number of amides is 1. The monoisotopic (exact) mass is 492 g/mol. The van der Waals surface area contributed by atoms with Crippen LogP contribution >= 0.6 is 31.9 Å². The van der Waals surface area contributed by atoms with Crippen LogP contribution in [0.5, 0.6) is 5.75 Å². The van der Waals surface area contributed by atoms with Crippen molar-refractivity contribution >= 4 is 44.0 Å². The lowest BCUT2D eigenvalue weighted by Gasteiger charge is -2.07. The molecule has 2 aromatic carbocycles. The zero-order valence-corrected chi connectivity index (χ0v) is 17.3. The van der Waals surface area contributed by atoms with Crippen LogP contribution in [0.15, 0.2) is 56.5 Å². The smallest absolute Gasteiger partial charge is 0.263 e. The van der Waals surface area contributed by atoms with Crippen molar-refractivity contribution in [2.24, 2.45) is 5.10 Å². The summed E-state index contributed by atoms with van der Waals surface area (Å²) in [4.78, 5) is 13.2. The van der Waals surface area contributed by atoms with E-state index in [1.54, 1.807) is 7.11 Å². The van der Waals surface area contributed by atoms with Gasteiger partial charge in [-0.25, -0.2) is 5.43 Å². The van der Waals surface area contributed by atoms with E-state index in [4.69, 9.17) is 4.74 Å². The fourth-order valence-electron chi connectivity index (χ4n) is 2.24. The molecule has 10 heteroatoms. The Morgan fingerprint density at radius 1 is 1.30 bits per heavy atom. The van der Waals surface area contributed by atoms with Gasteiger partial charge in [0.05, 0.1) is 17.8 Å². The number of aromatic nitrogens is 4. The molecule has 0 saturated heterocycles. The van der Waals surface area contributed by atoms with Crippen molar-refractivity contribution in [3.63, 3.8) is 0 Å². The summed E-state index contributed by atoms with van der Waals surface area (Å²) >= 11 is 6.82. The summed E-state index contributed by atoms with van der Waals surface area (Å²) in [6.45, 7) is -0.101. The predicted octanol–water partition coefficient (Wildman–Crippen LogP) is 3.02. The molecule has 0 bridgehead atoms. The Kier molecular flexibility index (Phi) is 6.30. The third kappa shape index (κ3) is 4.98. The van der Waals surface area contributed by atoms with Crippen LogP contribution in [0.4, 0.5) is 0 Å². The molecule has 3 aromatic rings. The number of carbonyl (C=O) groups is 1. The van der Waals surface area contributed by atoms with Gasteiger partial charge in [0.1, 0.15) is 12.3 Å². The van der Waals surface area contributed by atoms with Gasteiger partial charge >= 0.3 is 0 Å². The number of tetrazole rings is 1. The van der Waals surface area contributed by atoms with E-state index in [0.29, 0.717) is 17.1 Å². The highest BCUT2D eigenvalue weighted by Gasteiger charge is 2.10. The number of nitrogens with one attached hydrogen (secondary N) is 1. The van der Waals surface area contributed by atoms with Crippen LogP contribution in [0.1, 0.15) is 5.56 Å². The molecule has 138 valence electrons. The Bertz CT molecular complexity index is 975. The van der Waals surface area contributed by atoms with Gasteiger partial charge in [-0.3, -0.25) is 4.79 Å². The molecule has 0 fully saturated rings. The highest BCUT2D eigenvalue weighted by Crippen LogP contribution is 2.31. The molecule has 0 aliphatic carbocycles. The van der Waals surface area contributed by atoms with Crippen molar-refractivity contribution in [3.05, 3.63) is 57.0 Å². The van der Waals surface area contributed by atoms with Gasteiger partial charge in [-0.2, -0.15) is 9.90 Å². The summed E-state index contributed by atoms with van der Waals surface area (Å²) in [7, 11) is 1.56. The van der Waals surface area contributed by atoms with Crippen LogP contribution in [0, 0.1) is 0 Å². The molecular weight excluding hydrogens is 480 g/mol. The molecule has 27 heavy (non-hydrogen) atoms. The van der Waals surface area contributed by atoms with E-state index in [1.165, 1.54) is 11.0 Å². The highest BCUT2D eigenvalue weighted by molar-refractivity contribution is 9.11. The normalized spacial score (nSPS) is 10.9. The molecule has 0 radical (unpaired) electrons. The molecule has 8 nitrogen and oxygen atoms in total. The fraction of sp³-hybridized carbons (Fsp3) is 0.118. The van der Waals surface area contributed by atoms with Gasteiger partial charge in [0.15, 0.2) is 0 Å². The number of rotatable bonds is 6. The Balaban J connectivity index is 1.62. The lowest BCUT2D eigenvalue weighted by atomic mass is 10.2. The molecular formula is C17H14Br2N6O2. The first-order chi connectivity index (χ1) is 13.1. The third-order valence-corrected chi connectivity index (χ3v) is 4.45. The summed E-state index contributed by atoms with van der Waals surface area (Å²) < 4.78 is 6.95. The zero-order chi connectivity index (χ0) is 19.2. The molecule has 0 saturated carbocycles. The van der Waals surface area contributed by atoms with Crippen LogP contribution in [0.25, 0.3) is 11.4 Å². The Morgan fingerprint density at radius 2 is 2.07 bits per heavy atom. The van der Waals surface area contributed by atoms with E-state index in [0.717, 1.165) is 14.5 Å². The Labute approximate surface area is 171 Å². The number of hydrogen-bond acceptors (Lipinski definition) is 6. The number of halogens is 2. The molecule has 1 aromatic heterocycles. The highest BCUT2D eigenvalue weighted by atomic mass is 79.9. The average Bonchev–Trinajstić information content (AvgIpc) is 3.10. The standard InChI is InChI=1S/C17H14Br2N6O2/c1-27-16-12(7-13(18)8-14(16)19)9-20-21-15(26)10-25-23-17(22-24-25)11-5-3-2-4-6-11/h2-9H,10H2,1H3,(H,21,26)/b20-9+. The minimum Gasteiger partial charge on any atom is -0.495 e. The van der Waals surface area contributed by atoms with Crippen molar-refractivity contribution in [2.75, 3.05) is 7.11 Å². The van der Waals surface area contributed by atoms with Gasteiger partial charge in [0, 0.05) is 15.6 Å². The van der Waals surface area contributed by atoms with Crippen molar-refractivity contribution in [1.29, 1.82) is 0 Å². The van der Waals surface area contributed by atoms with E-state index in [9.17, 15) is 4.79 Å². The molecule has 1 amide bonds. The molecule has 0 aliphatic rings. The van der Waals surface area contributed by atoms with Gasteiger partial charge in [-0.15, -0.1) is 10.2 Å². The number of nitrogens with zero attached hydrogens (tertiary/aromatic N) is 5. The van der Waals surface area contributed by atoms with E-state index in [1.807, 2.05) is 42.5 Å². The van der Waals surface area contributed by atoms with Crippen LogP contribution in [0.3, 0.4) is 0 Å². The maximum absolute atomic E-state index is 12.0. The lowest BCUT2D eigenvalue weighted by molar-refractivity contribution is -0.122. The molecule has 0 aliphatic heterocycles. The van der Waals surface area contributed by atoms with Crippen LogP contribution in [-0.2, 0) is 11.3 Å². The van der Waals surface area contributed by atoms with Crippen molar-refractivity contribution in [1.82, 2.24) is 25.6 Å². The molecule has 0 spiro atoms. The number of ether oxygens (including phenoxy) is 1. The topological polar surface area (TPSA) is 94.3 Å². The van der Waals surface area contributed by atoms with E-state index >= 15 is 0 Å². The molecule has 3 rings (SSSR count). The lowest BCUT2D eigenvalue weighted by Crippen LogP contribution is -2.24. The SMILES string of the molecule is COc1c(Br)cc(Br)cc1/C=N/NC(=O)Cn1nnc(-c2ccccc2)n1. The van der Waals surface area contributed by atoms with Crippen LogP contribution in [0.2, 0.25) is 0 Å². The minimum absolute atomic E-state index is 0.101. The van der Waals surface area contributed by atoms with Crippen molar-refractivity contribution < 1.29 is 9.53 Å². The maximum atomic E-state index is 12.0. The summed E-state index contributed by atoms with van der Waals surface area (Å²) in [6, 6.07) is 13.1. The Morgan fingerprint density at radius 3 is 2.81 bits per heavy atom. The number of benzene rings is 2. The predicted molar refractivity (Wildman–Crippen MR) is 107 cm³/mol. The first-order valence-electron chi connectivity index (χ1n) is 7.75. The van der Waals surface area contributed by atoms with Gasteiger partial charge in [-0.1, -0.05) is 46.3 Å². The second-order valence-electron chi connectivity index (χ2n) is 5.31. The molecule has 0 atom stereocenters. The largest absolute Gasteiger partial charge is 0.495 e. The fourth-order valence-corrected chi connectivity index (χ4v) is 3.66. The molecule has 1 heterocycles. The van der Waals surface area contributed by atoms with Crippen molar-refractivity contribution in [3.8, 4) is 17.1 Å². The van der Waals surface area contributed by atoms with Gasteiger partial charge < -0.3 is 4.74 Å². The van der Waals surface area contributed by atoms with E-state index < -0.39 is 0 Å². The number of hydrogen-bond donors (Lipinski definition) is 1. The first kappa shape index (κ1) is 19.2. The summed E-state index contributed by atoms with van der Waals surface area (Å²) in [6.07, 6.45) is 1.50. The maximum Gasteiger partial charge on any atom is 0.263 e. The minimum atomic E-state index is -0.378. The molecule has 1 N–H and O–H groups in total. The average molecular weight is 494 g/mol. The van der Waals surface area contributed by atoms with E-state index in [2.05, 4.69) is 57.8 Å². The van der Waals surface area contributed by atoms with E-state index in [-0.39, 0.29) is 12.5 Å². The van der Waals surface area contributed by atoms with Crippen molar-refractivity contribution in [2.45, 2.75) is 6.54 Å². The number of hydrazone groups is 1. The number of carbonyl (C=O) groups excluding carboxylic acids is 1. The summed E-state index contributed by atoms with van der Waals surface area (Å²) in [5.41, 5.74) is 3.96. The second-order valence-corrected chi connectivity index (χ2v) is 7.08.